The Bertz CT molecular complexity index is 881. The van der Waals surface area contributed by atoms with Gasteiger partial charge in [0.2, 0.25) is 0 Å². The predicted octanol–water partition coefficient (Wildman–Crippen LogP) is 1.62. The van der Waals surface area contributed by atoms with Crippen LogP contribution < -0.4 is 4.90 Å². The summed E-state index contributed by atoms with van der Waals surface area (Å²) in [5.41, 5.74) is 3.40. The second-order valence-corrected chi connectivity index (χ2v) is 5.93. The van der Waals surface area contributed by atoms with Crippen LogP contribution in [0.2, 0.25) is 0 Å². The Morgan fingerprint density at radius 2 is 1.92 bits per heavy atom. The number of hydrogen-bond donors (Lipinski definition) is 1. The largest absolute Gasteiger partial charge is 0.353 e. The highest BCUT2D eigenvalue weighted by atomic mass is 16.2. The number of aromatic amines is 1. The smallest absolute Gasteiger partial charge is 0.254 e. The molecule has 3 aromatic rings. The van der Waals surface area contributed by atoms with Crippen molar-refractivity contribution >= 4 is 22.8 Å². The van der Waals surface area contributed by atoms with Crippen LogP contribution >= 0.6 is 0 Å². The molecule has 24 heavy (non-hydrogen) atoms. The zero-order valence-corrected chi connectivity index (χ0v) is 13.4. The molecule has 1 aromatic carbocycles. The van der Waals surface area contributed by atoms with Gasteiger partial charge in [0.25, 0.3) is 5.91 Å². The first-order valence-corrected chi connectivity index (χ1v) is 7.97. The maximum absolute atomic E-state index is 12.7. The lowest BCUT2D eigenvalue weighted by Gasteiger charge is -2.35. The second kappa shape index (κ2) is 5.92. The van der Waals surface area contributed by atoms with E-state index in [1.54, 1.807) is 12.7 Å². The van der Waals surface area contributed by atoms with Crippen LogP contribution in [0, 0.1) is 6.92 Å². The number of anilines is 1. The fraction of sp³-hybridized carbons (Fsp3) is 0.294. The molecule has 1 aliphatic heterocycles. The number of H-pyrrole nitrogens is 1. The van der Waals surface area contributed by atoms with Crippen LogP contribution in [0.3, 0.4) is 0 Å². The molecule has 0 atom stereocenters. The molecule has 0 aliphatic carbocycles. The van der Waals surface area contributed by atoms with Crippen molar-refractivity contribution < 1.29 is 4.79 Å². The Balaban J connectivity index is 1.46. The van der Waals surface area contributed by atoms with E-state index in [-0.39, 0.29) is 5.91 Å². The first-order chi connectivity index (χ1) is 11.7. The van der Waals surface area contributed by atoms with Crippen molar-refractivity contribution in [3.63, 3.8) is 0 Å². The predicted molar refractivity (Wildman–Crippen MR) is 91.0 cm³/mol. The lowest BCUT2D eigenvalue weighted by atomic mass is 10.1. The molecule has 7 heteroatoms. The first-order valence-electron chi connectivity index (χ1n) is 7.97. The number of aromatic nitrogens is 4. The minimum atomic E-state index is 0.0602. The molecule has 3 heterocycles. The third-order valence-corrected chi connectivity index (χ3v) is 4.35. The number of hydrogen-bond acceptors (Lipinski definition) is 5. The summed E-state index contributed by atoms with van der Waals surface area (Å²) in [6.45, 7) is 4.87. The minimum Gasteiger partial charge on any atom is -0.353 e. The zero-order chi connectivity index (χ0) is 16.5. The number of carbonyl (C=O) groups excluding carboxylic acids is 1. The number of nitrogens with one attached hydrogen (secondary N) is 1. The molecule has 0 radical (unpaired) electrons. The van der Waals surface area contributed by atoms with Crippen LogP contribution in [0.25, 0.3) is 11.0 Å². The molecule has 1 N–H and O–H groups in total. The molecule has 0 bridgehead atoms. The molecule has 1 saturated heterocycles. The normalized spacial score (nSPS) is 15.0. The van der Waals surface area contributed by atoms with Gasteiger partial charge in [-0.25, -0.2) is 15.0 Å². The van der Waals surface area contributed by atoms with Crippen molar-refractivity contribution in [3.05, 3.63) is 48.2 Å². The number of imidazole rings is 1. The van der Waals surface area contributed by atoms with Gasteiger partial charge in [0.1, 0.15) is 12.1 Å². The van der Waals surface area contributed by atoms with E-state index in [2.05, 4.69) is 24.8 Å². The van der Waals surface area contributed by atoms with E-state index in [0.717, 1.165) is 35.6 Å². The van der Waals surface area contributed by atoms with Crippen LogP contribution in [-0.4, -0.2) is 56.9 Å². The van der Waals surface area contributed by atoms with E-state index in [0.29, 0.717) is 18.7 Å². The van der Waals surface area contributed by atoms with Gasteiger partial charge in [0.15, 0.2) is 0 Å². The SMILES string of the molecule is Cc1cc(N2CCN(C(=O)c3ccc4nc[nH]c4c3)CC2)ncn1. The van der Waals surface area contributed by atoms with E-state index >= 15 is 0 Å². The Hall–Kier alpha value is -2.96. The van der Waals surface area contributed by atoms with E-state index in [4.69, 9.17) is 0 Å². The van der Waals surface area contributed by atoms with Crippen LogP contribution in [0.4, 0.5) is 5.82 Å². The molecule has 0 spiro atoms. The molecule has 122 valence electrons. The third kappa shape index (κ3) is 2.68. The highest BCUT2D eigenvalue weighted by Crippen LogP contribution is 2.17. The van der Waals surface area contributed by atoms with Crippen LogP contribution in [0.15, 0.2) is 36.9 Å². The lowest BCUT2D eigenvalue weighted by molar-refractivity contribution is 0.0746. The molecule has 1 amide bonds. The molecule has 0 unspecified atom stereocenters. The number of rotatable bonds is 2. The number of aryl methyl sites for hydroxylation is 1. The quantitative estimate of drug-likeness (QED) is 0.776. The summed E-state index contributed by atoms with van der Waals surface area (Å²) in [5, 5.41) is 0. The van der Waals surface area contributed by atoms with Crippen molar-refractivity contribution in [3.8, 4) is 0 Å². The molecular formula is C17H18N6O. The number of nitrogens with zero attached hydrogens (tertiary/aromatic N) is 5. The topological polar surface area (TPSA) is 78.0 Å². The fourth-order valence-electron chi connectivity index (χ4n) is 3.00. The van der Waals surface area contributed by atoms with Crippen LogP contribution in [-0.2, 0) is 0 Å². The summed E-state index contributed by atoms with van der Waals surface area (Å²) in [6.07, 6.45) is 3.23. The van der Waals surface area contributed by atoms with Crippen molar-refractivity contribution in [2.45, 2.75) is 6.92 Å². The average molecular weight is 322 g/mol. The third-order valence-electron chi connectivity index (χ3n) is 4.35. The number of amides is 1. The highest BCUT2D eigenvalue weighted by molar-refractivity contribution is 5.97. The van der Waals surface area contributed by atoms with Gasteiger partial charge < -0.3 is 14.8 Å². The highest BCUT2D eigenvalue weighted by Gasteiger charge is 2.23. The fourth-order valence-corrected chi connectivity index (χ4v) is 3.00. The summed E-state index contributed by atoms with van der Waals surface area (Å²) < 4.78 is 0. The lowest BCUT2D eigenvalue weighted by Crippen LogP contribution is -2.49. The summed E-state index contributed by atoms with van der Waals surface area (Å²) in [5.74, 6) is 0.985. The summed E-state index contributed by atoms with van der Waals surface area (Å²) in [6, 6.07) is 7.55. The Labute approximate surface area is 139 Å². The minimum absolute atomic E-state index is 0.0602. The van der Waals surface area contributed by atoms with Gasteiger partial charge in [-0.15, -0.1) is 0 Å². The van der Waals surface area contributed by atoms with Gasteiger partial charge in [-0.1, -0.05) is 0 Å². The van der Waals surface area contributed by atoms with Gasteiger partial charge in [-0.05, 0) is 25.1 Å². The second-order valence-electron chi connectivity index (χ2n) is 5.93. The van der Waals surface area contributed by atoms with Gasteiger partial charge in [0, 0.05) is 43.5 Å². The van der Waals surface area contributed by atoms with Crippen molar-refractivity contribution in [2.75, 3.05) is 31.1 Å². The Kier molecular flexibility index (Phi) is 3.60. The van der Waals surface area contributed by atoms with Crippen LogP contribution in [0.5, 0.6) is 0 Å². The van der Waals surface area contributed by atoms with Gasteiger partial charge >= 0.3 is 0 Å². The van der Waals surface area contributed by atoms with E-state index in [1.165, 1.54) is 0 Å². The molecular weight excluding hydrogens is 304 g/mol. The van der Waals surface area contributed by atoms with E-state index in [9.17, 15) is 4.79 Å². The molecule has 1 aliphatic rings. The van der Waals surface area contributed by atoms with E-state index < -0.39 is 0 Å². The first kappa shape index (κ1) is 14.6. The van der Waals surface area contributed by atoms with Gasteiger partial charge in [-0.2, -0.15) is 0 Å². The summed E-state index contributed by atoms with van der Waals surface area (Å²) >= 11 is 0. The Morgan fingerprint density at radius 3 is 2.71 bits per heavy atom. The number of benzene rings is 1. The Morgan fingerprint density at radius 1 is 1.08 bits per heavy atom. The maximum atomic E-state index is 12.7. The monoisotopic (exact) mass is 322 g/mol. The zero-order valence-electron chi connectivity index (χ0n) is 13.4. The summed E-state index contributed by atoms with van der Waals surface area (Å²) in [7, 11) is 0. The molecule has 1 fully saturated rings. The molecule has 2 aromatic heterocycles. The standard InChI is InChI=1S/C17H18N6O/c1-12-8-16(21-10-18-12)22-4-6-23(7-5-22)17(24)13-2-3-14-15(9-13)20-11-19-14/h2-3,8-11H,4-7H2,1H3,(H,19,20). The molecule has 7 nitrogen and oxygen atoms in total. The summed E-state index contributed by atoms with van der Waals surface area (Å²) in [4.78, 5) is 32.5. The van der Waals surface area contributed by atoms with Gasteiger partial charge in [-0.3, -0.25) is 4.79 Å². The maximum Gasteiger partial charge on any atom is 0.254 e. The van der Waals surface area contributed by atoms with Crippen molar-refractivity contribution in [1.29, 1.82) is 0 Å². The number of carbonyl (C=O) groups is 1. The molecule has 0 saturated carbocycles. The number of piperazine rings is 1. The molecule has 4 rings (SSSR count). The number of fused-ring (bicyclic) bond motifs is 1. The van der Waals surface area contributed by atoms with Crippen molar-refractivity contribution in [2.24, 2.45) is 0 Å². The van der Waals surface area contributed by atoms with Gasteiger partial charge in [0.05, 0.1) is 17.4 Å². The van der Waals surface area contributed by atoms with Crippen LogP contribution in [0.1, 0.15) is 16.1 Å². The van der Waals surface area contributed by atoms with E-state index in [1.807, 2.05) is 36.1 Å². The van der Waals surface area contributed by atoms with Crippen molar-refractivity contribution in [1.82, 2.24) is 24.8 Å². The average Bonchev–Trinajstić information content (AvgIpc) is 3.09.